The molecule has 0 amide bonds. The van der Waals surface area contributed by atoms with Crippen molar-refractivity contribution in [3.8, 4) is 0 Å². The fraction of sp³-hybridized carbons (Fsp3) is 0.750. The predicted molar refractivity (Wildman–Crippen MR) is 93.1 cm³/mol. The van der Waals surface area contributed by atoms with Gasteiger partial charge in [0.2, 0.25) is 0 Å². The number of carbonyl (C=O) groups is 1. The lowest BCUT2D eigenvalue weighted by atomic mass is 9.84. The molecule has 3 heteroatoms. The van der Waals surface area contributed by atoms with Crippen LogP contribution in [-0.4, -0.2) is 36.6 Å². The van der Waals surface area contributed by atoms with Gasteiger partial charge in [-0.15, -0.1) is 0 Å². The van der Waals surface area contributed by atoms with E-state index < -0.39 is 0 Å². The lowest BCUT2D eigenvalue weighted by Gasteiger charge is -2.30. The van der Waals surface area contributed by atoms with Gasteiger partial charge in [0, 0.05) is 12.5 Å². The number of likely N-dealkylation sites (tertiary alicyclic amines) is 1. The van der Waals surface area contributed by atoms with E-state index in [-0.39, 0.29) is 18.0 Å². The number of carbonyl (C=O) groups excluding carboxylic acids is 1. The zero-order valence-corrected chi connectivity index (χ0v) is 14.7. The van der Waals surface area contributed by atoms with Gasteiger partial charge in [0.25, 0.3) is 0 Å². The van der Waals surface area contributed by atoms with Crippen LogP contribution >= 0.6 is 0 Å². The summed E-state index contributed by atoms with van der Waals surface area (Å²) in [5.74, 6) is 0.450. The molecule has 0 aromatic heterocycles. The SMILES string of the molecule is C/C1=C\CC[C@@H]2[C@H](/C=C(\C)CC1)OC(=O)[C@H]2CN1CCCCC1. The monoisotopic (exact) mass is 317 g/mol. The van der Waals surface area contributed by atoms with Crippen LogP contribution in [0.25, 0.3) is 0 Å². The summed E-state index contributed by atoms with van der Waals surface area (Å²) in [6.07, 6.45) is 12.8. The normalized spacial score (nSPS) is 38.0. The molecule has 0 aromatic carbocycles. The Morgan fingerprint density at radius 3 is 2.65 bits per heavy atom. The summed E-state index contributed by atoms with van der Waals surface area (Å²) < 4.78 is 5.79. The number of fused-ring (bicyclic) bond motifs is 1. The van der Waals surface area contributed by atoms with Crippen LogP contribution < -0.4 is 0 Å². The minimum absolute atomic E-state index is 0.00379. The molecule has 2 aliphatic heterocycles. The second-order valence-corrected chi connectivity index (χ2v) is 7.67. The van der Waals surface area contributed by atoms with Crippen molar-refractivity contribution in [1.29, 1.82) is 0 Å². The van der Waals surface area contributed by atoms with Crippen molar-refractivity contribution < 1.29 is 9.53 Å². The van der Waals surface area contributed by atoms with Gasteiger partial charge in [-0.1, -0.05) is 23.6 Å². The fourth-order valence-corrected chi connectivity index (χ4v) is 4.25. The highest BCUT2D eigenvalue weighted by atomic mass is 16.6. The molecule has 2 heterocycles. The second-order valence-electron chi connectivity index (χ2n) is 7.67. The highest BCUT2D eigenvalue weighted by molar-refractivity contribution is 5.76. The molecular formula is C20H31NO2. The first-order valence-corrected chi connectivity index (χ1v) is 9.39. The van der Waals surface area contributed by atoms with Crippen LogP contribution in [0.2, 0.25) is 0 Å². The zero-order chi connectivity index (χ0) is 16.2. The number of nitrogens with zero attached hydrogens (tertiary/aromatic N) is 1. The number of hydrogen-bond donors (Lipinski definition) is 0. The minimum atomic E-state index is 0.00379. The summed E-state index contributed by atoms with van der Waals surface area (Å²) in [5.41, 5.74) is 2.84. The Labute approximate surface area is 140 Å². The lowest BCUT2D eigenvalue weighted by Crippen LogP contribution is -2.38. The lowest BCUT2D eigenvalue weighted by molar-refractivity contribution is -0.143. The topological polar surface area (TPSA) is 29.5 Å². The molecule has 2 saturated heterocycles. The molecule has 2 fully saturated rings. The van der Waals surface area contributed by atoms with Crippen LogP contribution in [0.3, 0.4) is 0 Å². The van der Waals surface area contributed by atoms with Crippen LogP contribution in [0, 0.1) is 11.8 Å². The van der Waals surface area contributed by atoms with E-state index in [1.165, 1.54) is 30.4 Å². The zero-order valence-electron chi connectivity index (χ0n) is 14.7. The Morgan fingerprint density at radius 2 is 1.87 bits per heavy atom. The number of ether oxygens (including phenoxy) is 1. The molecule has 3 aliphatic rings. The summed E-state index contributed by atoms with van der Waals surface area (Å²) in [5, 5.41) is 0. The quantitative estimate of drug-likeness (QED) is 0.567. The van der Waals surface area contributed by atoms with Crippen molar-refractivity contribution >= 4 is 5.97 Å². The molecule has 0 saturated carbocycles. The van der Waals surface area contributed by atoms with Crippen molar-refractivity contribution in [2.45, 2.75) is 64.9 Å². The van der Waals surface area contributed by atoms with Crippen LogP contribution in [0.4, 0.5) is 0 Å². The Bertz CT molecular complexity index is 488. The highest BCUT2D eigenvalue weighted by Crippen LogP contribution is 2.36. The first-order valence-electron chi connectivity index (χ1n) is 9.39. The van der Waals surface area contributed by atoms with Gasteiger partial charge in [-0.3, -0.25) is 4.79 Å². The third kappa shape index (κ3) is 4.26. The third-order valence-electron chi connectivity index (χ3n) is 5.75. The molecule has 0 radical (unpaired) electrons. The van der Waals surface area contributed by atoms with Gasteiger partial charge in [-0.25, -0.2) is 0 Å². The molecule has 0 aromatic rings. The molecule has 3 rings (SSSR count). The average Bonchev–Trinajstić information content (AvgIpc) is 2.82. The van der Waals surface area contributed by atoms with Gasteiger partial charge in [-0.05, 0) is 71.5 Å². The van der Waals surface area contributed by atoms with E-state index in [2.05, 4.69) is 30.9 Å². The van der Waals surface area contributed by atoms with E-state index in [0.717, 1.165) is 45.3 Å². The molecule has 1 aliphatic carbocycles. The maximum Gasteiger partial charge on any atom is 0.311 e. The molecule has 23 heavy (non-hydrogen) atoms. The molecule has 0 N–H and O–H groups in total. The standard InChI is InChI=1S/C20H31NO2/c1-15-7-6-8-17-18(14-21-11-4-3-5-12-21)20(22)23-19(17)13-16(2)10-9-15/h7,13,17-19H,3-6,8-12,14H2,1-2H3/b15-7+,16-13+/t17-,18-,19-/m0/s1. The Morgan fingerprint density at radius 1 is 1.13 bits per heavy atom. The smallest absolute Gasteiger partial charge is 0.311 e. The molecule has 3 nitrogen and oxygen atoms in total. The second kappa shape index (κ2) is 7.65. The minimum Gasteiger partial charge on any atom is -0.458 e. The maximum absolute atomic E-state index is 12.5. The Balaban J connectivity index is 1.73. The largest absolute Gasteiger partial charge is 0.458 e. The van der Waals surface area contributed by atoms with Crippen LogP contribution in [0.15, 0.2) is 23.3 Å². The molecule has 0 bridgehead atoms. The van der Waals surface area contributed by atoms with Gasteiger partial charge in [0.1, 0.15) is 6.10 Å². The van der Waals surface area contributed by atoms with E-state index in [1.54, 1.807) is 0 Å². The van der Waals surface area contributed by atoms with Crippen molar-refractivity contribution in [1.82, 2.24) is 4.90 Å². The molecule has 128 valence electrons. The third-order valence-corrected chi connectivity index (χ3v) is 5.75. The number of rotatable bonds is 2. The van der Waals surface area contributed by atoms with Crippen molar-refractivity contribution in [2.24, 2.45) is 11.8 Å². The van der Waals surface area contributed by atoms with Gasteiger partial charge in [0.05, 0.1) is 5.92 Å². The van der Waals surface area contributed by atoms with E-state index >= 15 is 0 Å². The van der Waals surface area contributed by atoms with Crippen molar-refractivity contribution in [3.63, 3.8) is 0 Å². The summed E-state index contributed by atoms with van der Waals surface area (Å²) >= 11 is 0. The van der Waals surface area contributed by atoms with E-state index in [0.29, 0.717) is 5.92 Å². The average molecular weight is 317 g/mol. The molecule has 3 atom stereocenters. The van der Waals surface area contributed by atoms with Gasteiger partial charge >= 0.3 is 5.97 Å². The summed E-state index contributed by atoms with van der Waals surface area (Å²) in [4.78, 5) is 15.0. The maximum atomic E-state index is 12.5. The molecule has 0 unspecified atom stereocenters. The van der Waals surface area contributed by atoms with E-state index in [9.17, 15) is 4.79 Å². The fourth-order valence-electron chi connectivity index (χ4n) is 4.25. The Kier molecular flexibility index (Phi) is 5.58. The van der Waals surface area contributed by atoms with Gasteiger partial charge in [0.15, 0.2) is 0 Å². The van der Waals surface area contributed by atoms with Crippen LogP contribution in [-0.2, 0) is 9.53 Å². The first-order chi connectivity index (χ1) is 11.1. The number of hydrogen-bond acceptors (Lipinski definition) is 3. The Hall–Kier alpha value is -1.09. The summed E-state index contributed by atoms with van der Waals surface area (Å²) in [6.45, 7) is 7.60. The number of piperidine rings is 1. The van der Waals surface area contributed by atoms with Crippen molar-refractivity contribution in [2.75, 3.05) is 19.6 Å². The highest BCUT2D eigenvalue weighted by Gasteiger charge is 2.43. The van der Waals surface area contributed by atoms with Crippen molar-refractivity contribution in [3.05, 3.63) is 23.3 Å². The molecular weight excluding hydrogens is 286 g/mol. The molecule has 0 spiro atoms. The van der Waals surface area contributed by atoms with E-state index in [1.807, 2.05) is 0 Å². The van der Waals surface area contributed by atoms with Gasteiger partial charge in [-0.2, -0.15) is 0 Å². The number of esters is 1. The first kappa shape index (κ1) is 16.8. The van der Waals surface area contributed by atoms with Crippen LogP contribution in [0.1, 0.15) is 58.8 Å². The predicted octanol–water partition coefficient (Wildman–Crippen LogP) is 4.10. The van der Waals surface area contributed by atoms with Crippen LogP contribution in [0.5, 0.6) is 0 Å². The summed E-state index contributed by atoms with van der Waals surface area (Å²) in [7, 11) is 0. The van der Waals surface area contributed by atoms with Gasteiger partial charge < -0.3 is 9.64 Å². The number of allylic oxidation sites excluding steroid dienone is 3. The van der Waals surface area contributed by atoms with E-state index in [4.69, 9.17) is 4.74 Å². The summed E-state index contributed by atoms with van der Waals surface area (Å²) in [6, 6.07) is 0.